The average molecular weight is 257 g/mol. The minimum atomic E-state index is -0.293. The quantitative estimate of drug-likeness (QED) is 0.385. The first-order valence-corrected chi connectivity index (χ1v) is 6.59. The summed E-state index contributed by atoms with van der Waals surface area (Å²) in [5, 5.41) is 13.0. The third-order valence-electron chi connectivity index (χ3n) is 3.21. The Morgan fingerprint density at radius 2 is 2.17 bits per heavy atom. The Labute approximate surface area is 108 Å². The zero-order chi connectivity index (χ0) is 13.4. The van der Waals surface area contributed by atoms with Gasteiger partial charge in [0.2, 0.25) is 12.3 Å². The molecule has 1 rings (SSSR count). The fourth-order valence-corrected chi connectivity index (χ4v) is 2.16. The molecular weight excluding hydrogens is 234 g/mol. The Kier molecular flexibility index (Phi) is 6.67. The Balaban J connectivity index is 2.55. The van der Waals surface area contributed by atoms with Crippen LogP contribution in [0.25, 0.3) is 0 Å². The van der Waals surface area contributed by atoms with Crippen molar-refractivity contribution in [3.8, 4) is 0 Å². The molecule has 1 aliphatic heterocycles. The van der Waals surface area contributed by atoms with E-state index >= 15 is 0 Å². The van der Waals surface area contributed by atoms with Crippen LogP contribution in [0.3, 0.4) is 0 Å². The van der Waals surface area contributed by atoms with Crippen LogP contribution in [0.5, 0.6) is 0 Å². The number of unbranched alkanes of at least 4 members (excludes halogenated alkanes) is 1. The molecule has 0 spiro atoms. The Morgan fingerprint density at radius 3 is 2.72 bits per heavy atom. The van der Waals surface area contributed by atoms with Gasteiger partial charge in [-0.25, -0.2) is 5.06 Å². The summed E-state index contributed by atoms with van der Waals surface area (Å²) in [6.45, 7) is 5.17. The summed E-state index contributed by atoms with van der Waals surface area (Å²) in [4.78, 5) is 24.6. The predicted octanol–water partition coefficient (Wildman–Crippen LogP) is 0.0722. The van der Waals surface area contributed by atoms with E-state index in [0.29, 0.717) is 31.0 Å². The molecular formula is C12H23N3O3. The van der Waals surface area contributed by atoms with E-state index in [1.54, 1.807) is 0 Å². The first kappa shape index (κ1) is 14.9. The lowest BCUT2D eigenvalue weighted by Crippen LogP contribution is -2.49. The monoisotopic (exact) mass is 257 g/mol. The minimum absolute atomic E-state index is 0.0471. The smallest absolute Gasteiger partial charge is 0.233 e. The van der Waals surface area contributed by atoms with Crippen LogP contribution in [0.15, 0.2) is 0 Å². The van der Waals surface area contributed by atoms with Crippen LogP contribution in [0.4, 0.5) is 0 Å². The van der Waals surface area contributed by atoms with Gasteiger partial charge < -0.3 is 10.2 Å². The second-order valence-electron chi connectivity index (χ2n) is 4.64. The molecule has 2 N–H and O–H groups in total. The molecule has 1 saturated heterocycles. The molecule has 1 heterocycles. The minimum Gasteiger partial charge on any atom is -0.340 e. The molecule has 0 bridgehead atoms. The van der Waals surface area contributed by atoms with E-state index in [1.807, 2.05) is 4.90 Å². The molecule has 6 heteroatoms. The second-order valence-corrected chi connectivity index (χ2v) is 4.64. The van der Waals surface area contributed by atoms with Crippen LogP contribution in [0.1, 0.15) is 26.2 Å². The zero-order valence-electron chi connectivity index (χ0n) is 11.0. The fourth-order valence-electron chi connectivity index (χ4n) is 2.16. The highest BCUT2D eigenvalue weighted by Gasteiger charge is 2.26. The number of carbonyl (C=O) groups excluding carboxylic acids is 2. The number of carbonyl (C=O) groups is 2. The third kappa shape index (κ3) is 4.62. The highest BCUT2D eigenvalue weighted by atomic mass is 16.5. The van der Waals surface area contributed by atoms with Gasteiger partial charge in [-0.2, -0.15) is 0 Å². The first-order valence-electron chi connectivity index (χ1n) is 6.59. The summed E-state index contributed by atoms with van der Waals surface area (Å²) >= 11 is 0. The zero-order valence-corrected chi connectivity index (χ0v) is 11.0. The summed E-state index contributed by atoms with van der Waals surface area (Å²) in [5.74, 6) is -0.246. The van der Waals surface area contributed by atoms with Crippen molar-refractivity contribution in [1.82, 2.24) is 15.3 Å². The lowest BCUT2D eigenvalue weighted by atomic mass is 10.00. The first-order chi connectivity index (χ1) is 8.69. The second kappa shape index (κ2) is 8.05. The Hall–Kier alpha value is -1.14. The summed E-state index contributed by atoms with van der Waals surface area (Å²) in [7, 11) is 0. The van der Waals surface area contributed by atoms with Crippen LogP contribution >= 0.6 is 0 Å². The number of hydrogen-bond donors (Lipinski definition) is 2. The van der Waals surface area contributed by atoms with Gasteiger partial charge in [0.15, 0.2) is 0 Å². The number of piperazine rings is 1. The number of nitrogens with zero attached hydrogens (tertiary/aromatic N) is 2. The number of hydrogen-bond acceptors (Lipinski definition) is 4. The van der Waals surface area contributed by atoms with Crippen molar-refractivity contribution in [2.45, 2.75) is 26.2 Å². The topological polar surface area (TPSA) is 72.9 Å². The maximum absolute atomic E-state index is 12.3. The Morgan fingerprint density at radius 1 is 1.50 bits per heavy atom. The van der Waals surface area contributed by atoms with Crippen LogP contribution in [-0.4, -0.2) is 60.2 Å². The van der Waals surface area contributed by atoms with Crippen molar-refractivity contribution in [3.05, 3.63) is 0 Å². The molecule has 0 aromatic carbocycles. The number of amides is 2. The maximum Gasteiger partial charge on any atom is 0.233 e. The van der Waals surface area contributed by atoms with Crippen molar-refractivity contribution in [1.29, 1.82) is 0 Å². The van der Waals surface area contributed by atoms with Crippen molar-refractivity contribution < 1.29 is 14.8 Å². The van der Waals surface area contributed by atoms with Crippen LogP contribution in [0.2, 0.25) is 0 Å². The molecule has 1 atom stereocenters. The van der Waals surface area contributed by atoms with Gasteiger partial charge in [-0.1, -0.05) is 19.8 Å². The molecule has 0 unspecified atom stereocenters. The molecule has 0 radical (unpaired) electrons. The molecule has 18 heavy (non-hydrogen) atoms. The van der Waals surface area contributed by atoms with E-state index in [-0.39, 0.29) is 18.4 Å². The van der Waals surface area contributed by atoms with E-state index in [2.05, 4.69) is 12.2 Å². The molecule has 6 nitrogen and oxygen atoms in total. The predicted molar refractivity (Wildman–Crippen MR) is 67.0 cm³/mol. The number of rotatable bonds is 7. The molecule has 0 aliphatic carbocycles. The number of hydroxylamine groups is 2. The molecule has 0 saturated carbocycles. The lowest BCUT2D eigenvalue weighted by molar-refractivity contribution is -0.157. The molecule has 1 fully saturated rings. The van der Waals surface area contributed by atoms with E-state index in [9.17, 15) is 14.8 Å². The van der Waals surface area contributed by atoms with Crippen molar-refractivity contribution >= 4 is 12.3 Å². The van der Waals surface area contributed by atoms with E-state index in [4.69, 9.17) is 0 Å². The normalized spacial score (nSPS) is 17.3. The van der Waals surface area contributed by atoms with Gasteiger partial charge in [-0.05, 0) is 6.42 Å². The summed E-state index contributed by atoms with van der Waals surface area (Å²) in [5.41, 5.74) is 0. The highest BCUT2D eigenvalue weighted by Crippen LogP contribution is 2.14. The standard InChI is InChI=1S/C12H23N3O3/c1-2-3-4-11(9-15(18)10-16)12(17)14-7-5-13-6-8-14/h10-11,13,18H,2-9H2,1H3/t11-/m1/s1. The van der Waals surface area contributed by atoms with E-state index in [0.717, 1.165) is 25.9 Å². The van der Waals surface area contributed by atoms with Gasteiger partial charge in [-0.15, -0.1) is 0 Å². The van der Waals surface area contributed by atoms with Gasteiger partial charge in [0.05, 0.1) is 12.5 Å². The van der Waals surface area contributed by atoms with Crippen LogP contribution in [0, 0.1) is 5.92 Å². The Bertz CT molecular complexity index is 267. The van der Waals surface area contributed by atoms with Crippen LogP contribution in [-0.2, 0) is 9.59 Å². The van der Waals surface area contributed by atoms with Gasteiger partial charge in [-0.3, -0.25) is 14.8 Å². The maximum atomic E-state index is 12.3. The SMILES string of the molecule is CCCC[C@H](CN(O)C=O)C(=O)N1CCNCC1. The lowest BCUT2D eigenvalue weighted by Gasteiger charge is -2.31. The third-order valence-corrected chi connectivity index (χ3v) is 3.21. The van der Waals surface area contributed by atoms with E-state index < -0.39 is 0 Å². The largest absolute Gasteiger partial charge is 0.340 e. The molecule has 2 amide bonds. The van der Waals surface area contributed by atoms with Crippen molar-refractivity contribution in [3.63, 3.8) is 0 Å². The highest BCUT2D eigenvalue weighted by molar-refractivity contribution is 5.79. The van der Waals surface area contributed by atoms with Crippen molar-refractivity contribution in [2.75, 3.05) is 32.7 Å². The summed E-state index contributed by atoms with van der Waals surface area (Å²) in [6, 6.07) is 0. The average Bonchev–Trinajstić information content (AvgIpc) is 2.43. The van der Waals surface area contributed by atoms with Gasteiger partial charge in [0, 0.05) is 26.2 Å². The van der Waals surface area contributed by atoms with E-state index in [1.165, 1.54) is 0 Å². The molecule has 104 valence electrons. The van der Waals surface area contributed by atoms with Crippen molar-refractivity contribution in [2.24, 2.45) is 5.92 Å². The number of nitrogens with one attached hydrogen (secondary N) is 1. The fraction of sp³-hybridized carbons (Fsp3) is 0.833. The molecule has 1 aliphatic rings. The van der Waals surface area contributed by atoms with Gasteiger partial charge in [0.1, 0.15) is 0 Å². The summed E-state index contributed by atoms with van der Waals surface area (Å²) in [6.07, 6.45) is 2.99. The molecule has 0 aromatic heterocycles. The molecule has 0 aromatic rings. The van der Waals surface area contributed by atoms with Gasteiger partial charge >= 0.3 is 0 Å². The van der Waals surface area contributed by atoms with Gasteiger partial charge in [0.25, 0.3) is 0 Å². The van der Waals surface area contributed by atoms with Crippen LogP contribution < -0.4 is 5.32 Å². The summed E-state index contributed by atoms with van der Waals surface area (Å²) < 4.78 is 0.